The number of ether oxygens (including phenoxy) is 3. The van der Waals surface area contributed by atoms with Gasteiger partial charge in [0.25, 0.3) is 5.56 Å². The number of rotatable bonds is 10. The molecule has 3 aromatic rings. The third-order valence-corrected chi connectivity index (χ3v) is 7.25. The number of esters is 1. The molecular formula is C29H31ClN2O5S. The third-order valence-electron chi connectivity index (χ3n) is 6.03. The minimum atomic E-state index is -0.799. The molecule has 0 saturated carbocycles. The lowest BCUT2D eigenvalue weighted by molar-refractivity contribution is -0.139. The molecule has 0 fully saturated rings. The van der Waals surface area contributed by atoms with E-state index in [1.54, 1.807) is 36.8 Å². The largest absolute Gasteiger partial charge is 0.496 e. The van der Waals surface area contributed by atoms with E-state index in [1.807, 2.05) is 37.3 Å². The number of carbonyl (C=O) groups excluding carboxylic acids is 1. The Morgan fingerprint density at radius 3 is 2.55 bits per heavy atom. The van der Waals surface area contributed by atoms with Crippen LogP contribution in [0.2, 0.25) is 5.02 Å². The first kappa shape index (κ1) is 27.7. The van der Waals surface area contributed by atoms with Gasteiger partial charge in [-0.05, 0) is 61.7 Å². The van der Waals surface area contributed by atoms with Crippen molar-refractivity contribution in [3.05, 3.63) is 89.6 Å². The van der Waals surface area contributed by atoms with Crippen molar-refractivity contribution in [2.24, 2.45) is 4.99 Å². The number of aromatic nitrogens is 1. The summed E-state index contributed by atoms with van der Waals surface area (Å²) in [5.41, 5.74) is 2.12. The van der Waals surface area contributed by atoms with Crippen LogP contribution in [0.15, 0.2) is 63.5 Å². The van der Waals surface area contributed by atoms with Crippen LogP contribution < -0.4 is 24.4 Å². The lowest BCUT2D eigenvalue weighted by Crippen LogP contribution is -2.40. The van der Waals surface area contributed by atoms with Crippen LogP contribution in [0.5, 0.6) is 11.5 Å². The Bertz CT molecular complexity index is 1520. The maximum absolute atomic E-state index is 13.9. The molecule has 0 unspecified atom stereocenters. The number of thiazole rings is 1. The highest BCUT2D eigenvalue weighted by molar-refractivity contribution is 7.07. The first-order valence-corrected chi connectivity index (χ1v) is 13.9. The van der Waals surface area contributed by atoms with Crippen molar-refractivity contribution in [2.75, 3.05) is 20.3 Å². The van der Waals surface area contributed by atoms with Crippen LogP contribution in [-0.4, -0.2) is 30.9 Å². The Hall–Kier alpha value is -3.36. The molecule has 1 atom stereocenters. The van der Waals surface area contributed by atoms with Gasteiger partial charge < -0.3 is 14.2 Å². The predicted octanol–water partition coefficient (Wildman–Crippen LogP) is 5.03. The van der Waals surface area contributed by atoms with Crippen molar-refractivity contribution < 1.29 is 19.0 Å². The number of carbonyl (C=O) groups is 1. The monoisotopic (exact) mass is 554 g/mol. The van der Waals surface area contributed by atoms with Gasteiger partial charge in [-0.1, -0.05) is 55.3 Å². The Labute approximate surface area is 230 Å². The number of nitrogens with zero attached hydrogens (tertiary/aromatic N) is 2. The molecule has 1 aliphatic rings. The average molecular weight is 555 g/mol. The average Bonchev–Trinajstić information content (AvgIpc) is 3.22. The molecule has 2 aromatic carbocycles. The summed E-state index contributed by atoms with van der Waals surface area (Å²) in [6.07, 6.45) is 4.07. The van der Waals surface area contributed by atoms with E-state index in [2.05, 4.69) is 6.92 Å². The predicted molar refractivity (Wildman–Crippen MR) is 150 cm³/mol. The molecule has 0 N–H and O–H groups in total. The summed E-state index contributed by atoms with van der Waals surface area (Å²) in [7, 11) is 1.55. The van der Waals surface area contributed by atoms with E-state index < -0.39 is 12.0 Å². The second kappa shape index (κ2) is 12.5. The SMILES string of the molecule is CCCOc1ccc(/C=c2/sc3n(c2=O)[C@@H](c2cc(Cl)ccc2OC)C(C(=O)OCC)=C(CCC)N=3)cc1. The van der Waals surface area contributed by atoms with Crippen LogP contribution in [0.25, 0.3) is 6.08 Å². The summed E-state index contributed by atoms with van der Waals surface area (Å²) in [5, 5.41) is 0.463. The molecular weight excluding hydrogens is 524 g/mol. The molecule has 0 saturated heterocycles. The van der Waals surface area contributed by atoms with Crippen LogP contribution in [0.4, 0.5) is 0 Å². The summed E-state index contributed by atoms with van der Waals surface area (Å²) < 4.78 is 18.8. The second-order valence-corrected chi connectivity index (χ2v) is 10.2. The van der Waals surface area contributed by atoms with Gasteiger partial charge in [0.2, 0.25) is 0 Å². The molecule has 0 aliphatic carbocycles. The standard InChI is InChI=1S/C29H31ClN2O5S/c1-5-8-22-25(28(34)36-7-3)26(21-17-19(30)11-14-23(21)35-4)32-27(33)24(38-29(32)31-22)16-18-9-12-20(13-10-18)37-15-6-2/h9-14,16-17,26H,5-8,15H2,1-4H3/b24-16+/t26-/m0/s1. The van der Waals surface area contributed by atoms with Crippen LogP contribution >= 0.6 is 22.9 Å². The first-order chi connectivity index (χ1) is 18.4. The molecule has 0 spiro atoms. The first-order valence-electron chi connectivity index (χ1n) is 12.7. The van der Waals surface area contributed by atoms with Gasteiger partial charge in [0, 0.05) is 10.6 Å². The van der Waals surface area contributed by atoms with Crippen LogP contribution in [0.3, 0.4) is 0 Å². The van der Waals surface area contributed by atoms with Crippen LogP contribution in [0, 0.1) is 0 Å². The Kier molecular flexibility index (Phi) is 9.07. The van der Waals surface area contributed by atoms with Gasteiger partial charge in [-0.3, -0.25) is 9.36 Å². The van der Waals surface area contributed by atoms with E-state index >= 15 is 0 Å². The van der Waals surface area contributed by atoms with Gasteiger partial charge in [-0.2, -0.15) is 0 Å². The van der Waals surface area contributed by atoms with E-state index in [0.717, 1.165) is 24.2 Å². The van der Waals surface area contributed by atoms with E-state index in [1.165, 1.54) is 11.3 Å². The van der Waals surface area contributed by atoms with Crippen LogP contribution in [0.1, 0.15) is 57.2 Å². The zero-order chi connectivity index (χ0) is 27.2. The number of fused-ring (bicyclic) bond motifs is 1. The highest BCUT2D eigenvalue weighted by Gasteiger charge is 2.36. The Morgan fingerprint density at radius 1 is 1.13 bits per heavy atom. The number of allylic oxidation sites excluding steroid dienone is 1. The fraction of sp³-hybridized carbons (Fsp3) is 0.345. The highest BCUT2D eigenvalue weighted by atomic mass is 35.5. The molecule has 0 bridgehead atoms. The molecule has 4 rings (SSSR count). The zero-order valence-electron chi connectivity index (χ0n) is 22.0. The lowest BCUT2D eigenvalue weighted by atomic mass is 9.93. The van der Waals surface area contributed by atoms with Crippen molar-refractivity contribution in [1.82, 2.24) is 4.57 Å². The van der Waals surface area contributed by atoms with Crippen molar-refractivity contribution in [3.8, 4) is 11.5 Å². The van der Waals surface area contributed by atoms with Crippen LogP contribution in [-0.2, 0) is 9.53 Å². The fourth-order valence-corrected chi connectivity index (χ4v) is 5.57. The van der Waals surface area contributed by atoms with E-state index in [9.17, 15) is 9.59 Å². The number of hydrogen-bond acceptors (Lipinski definition) is 7. The minimum absolute atomic E-state index is 0.198. The van der Waals surface area contributed by atoms with Gasteiger partial charge in [-0.25, -0.2) is 9.79 Å². The molecule has 0 amide bonds. The second-order valence-electron chi connectivity index (χ2n) is 8.72. The Morgan fingerprint density at radius 2 is 1.89 bits per heavy atom. The van der Waals surface area contributed by atoms with Gasteiger partial charge in [0.05, 0.1) is 36.1 Å². The maximum atomic E-state index is 13.9. The van der Waals surface area contributed by atoms with Crippen molar-refractivity contribution in [2.45, 2.75) is 46.1 Å². The molecule has 9 heteroatoms. The van der Waals surface area contributed by atoms with Gasteiger partial charge in [-0.15, -0.1) is 0 Å². The van der Waals surface area contributed by atoms with E-state index in [4.69, 9.17) is 30.8 Å². The fourth-order valence-electron chi connectivity index (χ4n) is 4.37. The number of halogens is 1. The quantitative estimate of drug-likeness (QED) is 0.328. The summed E-state index contributed by atoms with van der Waals surface area (Å²) >= 11 is 7.68. The summed E-state index contributed by atoms with van der Waals surface area (Å²) in [5.74, 6) is 0.779. The third kappa shape index (κ3) is 5.71. The smallest absolute Gasteiger partial charge is 0.338 e. The molecule has 7 nitrogen and oxygen atoms in total. The Balaban J connectivity index is 1.94. The maximum Gasteiger partial charge on any atom is 0.338 e. The molecule has 2 heterocycles. The summed E-state index contributed by atoms with van der Waals surface area (Å²) in [4.78, 5) is 32.5. The molecule has 200 valence electrons. The van der Waals surface area contributed by atoms with E-state index in [-0.39, 0.29) is 12.2 Å². The lowest BCUT2D eigenvalue weighted by Gasteiger charge is -2.27. The van der Waals surface area contributed by atoms with E-state index in [0.29, 0.717) is 50.0 Å². The molecule has 0 radical (unpaired) electrons. The van der Waals surface area contributed by atoms with Gasteiger partial charge in [0.15, 0.2) is 4.80 Å². The summed E-state index contributed by atoms with van der Waals surface area (Å²) in [6, 6.07) is 12.0. The normalized spacial score (nSPS) is 15.2. The minimum Gasteiger partial charge on any atom is -0.496 e. The van der Waals surface area contributed by atoms with Crippen molar-refractivity contribution in [1.29, 1.82) is 0 Å². The highest BCUT2D eigenvalue weighted by Crippen LogP contribution is 2.38. The zero-order valence-corrected chi connectivity index (χ0v) is 23.5. The molecule has 38 heavy (non-hydrogen) atoms. The summed E-state index contributed by atoms with van der Waals surface area (Å²) in [6.45, 7) is 6.67. The number of benzene rings is 2. The van der Waals surface area contributed by atoms with Crippen molar-refractivity contribution in [3.63, 3.8) is 0 Å². The van der Waals surface area contributed by atoms with Gasteiger partial charge in [0.1, 0.15) is 17.5 Å². The number of hydrogen-bond donors (Lipinski definition) is 0. The molecule has 1 aliphatic heterocycles. The van der Waals surface area contributed by atoms with Crippen molar-refractivity contribution >= 4 is 35.0 Å². The molecule has 1 aromatic heterocycles. The number of methoxy groups -OCH3 is 1. The van der Waals surface area contributed by atoms with Gasteiger partial charge >= 0.3 is 5.97 Å². The topological polar surface area (TPSA) is 79.1 Å².